The summed E-state index contributed by atoms with van der Waals surface area (Å²) in [6.45, 7) is 1.88. The van der Waals surface area contributed by atoms with Crippen LogP contribution >= 0.6 is 11.6 Å². The van der Waals surface area contributed by atoms with Crippen LogP contribution in [0.4, 0.5) is 5.82 Å². The predicted octanol–water partition coefficient (Wildman–Crippen LogP) is 1.89. The van der Waals surface area contributed by atoms with E-state index in [-0.39, 0.29) is 17.1 Å². The molecule has 1 heterocycles. The summed E-state index contributed by atoms with van der Waals surface area (Å²) in [5, 5.41) is 3.59. The normalized spacial score (nSPS) is 23.7. The van der Waals surface area contributed by atoms with Crippen LogP contribution in [0.2, 0.25) is 5.28 Å². The Hall–Kier alpha value is -1.36. The van der Waals surface area contributed by atoms with E-state index in [0.29, 0.717) is 6.04 Å². The Balaban J connectivity index is 1.93. The number of nitrogens with zero attached hydrogens (tertiary/aromatic N) is 2. The molecule has 98 valence electrons. The van der Waals surface area contributed by atoms with Crippen molar-refractivity contribution in [3.05, 3.63) is 17.0 Å². The zero-order chi connectivity index (χ0) is 13.1. The van der Waals surface area contributed by atoms with Gasteiger partial charge in [0.05, 0.1) is 0 Å². The van der Waals surface area contributed by atoms with E-state index in [9.17, 15) is 4.79 Å². The van der Waals surface area contributed by atoms with E-state index in [1.54, 1.807) is 0 Å². The van der Waals surface area contributed by atoms with Gasteiger partial charge in [-0.25, -0.2) is 9.97 Å². The molecule has 1 aromatic rings. The van der Waals surface area contributed by atoms with E-state index in [4.69, 9.17) is 17.3 Å². The van der Waals surface area contributed by atoms with Gasteiger partial charge in [-0.2, -0.15) is 0 Å². The van der Waals surface area contributed by atoms with Gasteiger partial charge >= 0.3 is 0 Å². The Bertz CT molecular complexity index is 423. The van der Waals surface area contributed by atoms with Crippen molar-refractivity contribution < 1.29 is 4.79 Å². The maximum atomic E-state index is 11.1. The lowest BCUT2D eigenvalue weighted by molar-refractivity contribution is -0.122. The molecule has 0 atom stereocenters. The maximum absolute atomic E-state index is 11.1. The molecule has 1 amide bonds. The van der Waals surface area contributed by atoms with Gasteiger partial charge in [0.25, 0.3) is 0 Å². The van der Waals surface area contributed by atoms with Crippen LogP contribution in [0, 0.1) is 12.8 Å². The largest absolute Gasteiger partial charge is 0.369 e. The quantitative estimate of drug-likeness (QED) is 0.821. The summed E-state index contributed by atoms with van der Waals surface area (Å²) < 4.78 is 0. The molecule has 1 aliphatic rings. The molecule has 1 fully saturated rings. The fourth-order valence-corrected chi connectivity index (χ4v) is 2.56. The minimum absolute atomic E-state index is 0.0266. The molecule has 3 N–H and O–H groups in total. The molecular formula is C12H17ClN4O. The van der Waals surface area contributed by atoms with Gasteiger partial charge in [0.15, 0.2) is 0 Å². The molecular weight excluding hydrogens is 252 g/mol. The first kappa shape index (κ1) is 13.1. The zero-order valence-electron chi connectivity index (χ0n) is 10.3. The molecule has 0 bridgehead atoms. The highest BCUT2D eigenvalue weighted by Crippen LogP contribution is 2.26. The number of rotatable bonds is 3. The number of carbonyl (C=O) groups is 1. The van der Waals surface area contributed by atoms with Crippen molar-refractivity contribution in [1.82, 2.24) is 9.97 Å². The summed E-state index contributed by atoms with van der Waals surface area (Å²) in [6, 6.07) is 2.19. The molecule has 0 aliphatic heterocycles. The van der Waals surface area contributed by atoms with Crippen molar-refractivity contribution >= 4 is 23.3 Å². The highest BCUT2D eigenvalue weighted by atomic mass is 35.5. The van der Waals surface area contributed by atoms with Crippen LogP contribution in [0.5, 0.6) is 0 Å². The van der Waals surface area contributed by atoms with Crippen LogP contribution in [0.1, 0.15) is 31.4 Å². The number of hydrogen-bond donors (Lipinski definition) is 2. The number of primary amides is 1. The van der Waals surface area contributed by atoms with Crippen LogP contribution in [0.25, 0.3) is 0 Å². The Morgan fingerprint density at radius 1 is 1.39 bits per heavy atom. The number of halogens is 1. The third-order valence-corrected chi connectivity index (χ3v) is 3.48. The van der Waals surface area contributed by atoms with E-state index in [1.165, 1.54) is 0 Å². The average molecular weight is 269 g/mol. The number of carbonyl (C=O) groups excluding carboxylic acids is 1. The van der Waals surface area contributed by atoms with Gasteiger partial charge < -0.3 is 11.1 Å². The number of aryl methyl sites for hydroxylation is 1. The molecule has 6 heteroatoms. The van der Waals surface area contributed by atoms with Crippen LogP contribution < -0.4 is 11.1 Å². The molecule has 0 spiro atoms. The highest BCUT2D eigenvalue weighted by molar-refractivity contribution is 6.28. The van der Waals surface area contributed by atoms with Gasteiger partial charge in [0.2, 0.25) is 11.2 Å². The maximum Gasteiger partial charge on any atom is 0.224 e. The summed E-state index contributed by atoms with van der Waals surface area (Å²) in [6.07, 6.45) is 3.53. The Kier molecular flexibility index (Phi) is 4.01. The first-order valence-electron chi connectivity index (χ1n) is 6.11. The monoisotopic (exact) mass is 268 g/mol. The predicted molar refractivity (Wildman–Crippen MR) is 70.3 cm³/mol. The SMILES string of the molecule is Cc1cc(NC2CCC(C(N)=O)CC2)nc(Cl)n1. The number of nitrogens with one attached hydrogen (secondary N) is 1. The number of anilines is 1. The van der Waals surface area contributed by atoms with Gasteiger partial charge in [-0.05, 0) is 44.2 Å². The molecule has 2 rings (SSSR count). The summed E-state index contributed by atoms with van der Waals surface area (Å²) in [7, 11) is 0. The topological polar surface area (TPSA) is 80.9 Å². The fourth-order valence-electron chi connectivity index (χ4n) is 2.34. The first-order valence-corrected chi connectivity index (χ1v) is 6.49. The molecule has 5 nitrogen and oxygen atoms in total. The third-order valence-electron chi connectivity index (χ3n) is 3.31. The Morgan fingerprint density at radius 3 is 2.61 bits per heavy atom. The van der Waals surface area contributed by atoms with E-state index in [1.807, 2.05) is 13.0 Å². The minimum Gasteiger partial charge on any atom is -0.369 e. The van der Waals surface area contributed by atoms with E-state index in [0.717, 1.165) is 37.2 Å². The number of amides is 1. The summed E-state index contributed by atoms with van der Waals surface area (Å²) in [5.41, 5.74) is 6.14. The molecule has 0 unspecified atom stereocenters. The highest BCUT2D eigenvalue weighted by Gasteiger charge is 2.24. The number of aromatic nitrogens is 2. The van der Waals surface area contributed by atoms with Crippen molar-refractivity contribution in [3.63, 3.8) is 0 Å². The standard InChI is InChI=1S/C12H17ClN4O/c1-7-6-10(17-12(13)15-7)16-9-4-2-8(3-5-9)11(14)18/h6,8-9H,2-5H2,1H3,(H2,14,18)(H,15,16,17). The summed E-state index contributed by atoms with van der Waals surface area (Å²) in [4.78, 5) is 19.2. The minimum atomic E-state index is -0.186. The molecule has 1 saturated carbocycles. The molecule has 0 radical (unpaired) electrons. The van der Waals surface area contributed by atoms with Gasteiger partial charge in [0.1, 0.15) is 5.82 Å². The second-order valence-corrected chi connectivity index (χ2v) is 5.10. The average Bonchev–Trinajstić information content (AvgIpc) is 2.28. The molecule has 0 saturated heterocycles. The Labute approximate surface area is 111 Å². The van der Waals surface area contributed by atoms with Crippen LogP contribution in [0.15, 0.2) is 6.07 Å². The first-order chi connectivity index (χ1) is 8.54. The lowest BCUT2D eigenvalue weighted by Crippen LogP contribution is -2.32. The van der Waals surface area contributed by atoms with E-state index in [2.05, 4.69) is 15.3 Å². The Morgan fingerprint density at radius 2 is 2.06 bits per heavy atom. The van der Waals surface area contributed by atoms with Crippen molar-refractivity contribution in [2.24, 2.45) is 11.7 Å². The summed E-state index contributed by atoms with van der Waals surface area (Å²) in [5.74, 6) is 0.586. The smallest absolute Gasteiger partial charge is 0.224 e. The summed E-state index contributed by atoms with van der Waals surface area (Å²) >= 11 is 5.81. The molecule has 1 aromatic heterocycles. The van der Waals surface area contributed by atoms with Crippen LogP contribution in [-0.4, -0.2) is 21.9 Å². The van der Waals surface area contributed by atoms with Gasteiger partial charge in [-0.3, -0.25) is 4.79 Å². The molecule has 0 aromatic carbocycles. The van der Waals surface area contributed by atoms with Crippen LogP contribution in [-0.2, 0) is 4.79 Å². The third kappa shape index (κ3) is 3.32. The van der Waals surface area contributed by atoms with E-state index < -0.39 is 0 Å². The van der Waals surface area contributed by atoms with Gasteiger partial charge in [-0.1, -0.05) is 0 Å². The van der Waals surface area contributed by atoms with Crippen molar-refractivity contribution in [2.75, 3.05) is 5.32 Å². The van der Waals surface area contributed by atoms with Gasteiger partial charge in [-0.15, -0.1) is 0 Å². The lowest BCUT2D eigenvalue weighted by Gasteiger charge is -2.27. The fraction of sp³-hybridized carbons (Fsp3) is 0.583. The van der Waals surface area contributed by atoms with Gasteiger partial charge in [0, 0.05) is 23.7 Å². The van der Waals surface area contributed by atoms with E-state index >= 15 is 0 Å². The number of hydrogen-bond acceptors (Lipinski definition) is 4. The van der Waals surface area contributed by atoms with Crippen molar-refractivity contribution in [3.8, 4) is 0 Å². The molecule has 1 aliphatic carbocycles. The lowest BCUT2D eigenvalue weighted by atomic mass is 9.85. The van der Waals surface area contributed by atoms with Crippen molar-refractivity contribution in [2.45, 2.75) is 38.6 Å². The van der Waals surface area contributed by atoms with Crippen molar-refractivity contribution in [1.29, 1.82) is 0 Å². The second-order valence-electron chi connectivity index (χ2n) is 4.76. The zero-order valence-corrected chi connectivity index (χ0v) is 11.1. The van der Waals surface area contributed by atoms with Crippen LogP contribution in [0.3, 0.4) is 0 Å². The second kappa shape index (κ2) is 5.52. The molecule has 18 heavy (non-hydrogen) atoms. The number of nitrogens with two attached hydrogens (primary N) is 1.